The predicted molar refractivity (Wildman–Crippen MR) is 73.1 cm³/mol. The van der Waals surface area contributed by atoms with E-state index in [0.717, 1.165) is 18.5 Å². The highest BCUT2D eigenvalue weighted by molar-refractivity contribution is 6.43. The maximum absolute atomic E-state index is 13.3. The topological polar surface area (TPSA) is 98.0 Å². The third kappa shape index (κ3) is 3.41. The van der Waals surface area contributed by atoms with Gasteiger partial charge in [0.2, 0.25) is 0 Å². The zero-order chi connectivity index (χ0) is 15.6. The van der Waals surface area contributed by atoms with Crippen LogP contribution in [0.4, 0.5) is 15.9 Å². The van der Waals surface area contributed by atoms with Crippen molar-refractivity contribution in [3.8, 4) is 0 Å². The molecule has 1 aromatic carbocycles. The summed E-state index contributed by atoms with van der Waals surface area (Å²) in [6.07, 6.45) is 1.07. The van der Waals surface area contributed by atoms with Gasteiger partial charge < -0.3 is 5.32 Å². The maximum Gasteiger partial charge on any atom is 0.273 e. The Labute approximate surface area is 126 Å². The van der Waals surface area contributed by atoms with Gasteiger partial charge in [0, 0.05) is 11.6 Å². The normalized spacial score (nSPS) is 10.2. The summed E-state index contributed by atoms with van der Waals surface area (Å²) in [6, 6.07) is 2.47. The molecule has 0 radical (unpaired) electrons. The van der Waals surface area contributed by atoms with E-state index >= 15 is 0 Å². The minimum Gasteiger partial charge on any atom is -0.305 e. The largest absolute Gasteiger partial charge is 0.305 e. The molecule has 0 bridgehead atoms. The first-order valence-electron chi connectivity index (χ1n) is 5.31. The molecule has 0 saturated carbocycles. The highest BCUT2D eigenvalue weighted by Crippen LogP contribution is 2.26. The van der Waals surface area contributed by atoms with E-state index in [-0.39, 0.29) is 21.6 Å². The third-order valence-corrected chi connectivity index (χ3v) is 3.08. The van der Waals surface area contributed by atoms with Gasteiger partial charge in [-0.1, -0.05) is 23.2 Å². The molecule has 1 N–H and O–H groups in total. The summed E-state index contributed by atoms with van der Waals surface area (Å²) in [6.45, 7) is 0. The van der Waals surface area contributed by atoms with E-state index in [2.05, 4.69) is 15.3 Å². The molecule has 2 aromatic rings. The Bertz CT molecular complexity index is 741. The molecule has 0 aliphatic heterocycles. The van der Waals surface area contributed by atoms with Crippen molar-refractivity contribution in [1.82, 2.24) is 9.97 Å². The number of hydrogen-bond acceptors (Lipinski definition) is 5. The molecule has 0 fully saturated rings. The van der Waals surface area contributed by atoms with E-state index in [9.17, 15) is 19.3 Å². The fourth-order valence-electron chi connectivity index (χ4n) is 1.43. The molecule has 1 heterocycles. The van der Waals surface area contributed by atoms with Gasteiger partial charge in [-0.3, -0.25) is 14.9 Å². The number of nitro groups is 1. The van der Waals surface area contributed by atoms with E-state index in [4.69, 9.17) is 23.2 Å². The van der Waals surface area contributed by atoms with E-state index < -0.39 is 22.3 Å². The van der Waals surface area contributed by atoms with Crippen LogP contribution in [0.5, 0.6) is 0 Å². The third-order valence-electron chi connectivity index (χ3n) is 2.33. The Morgan fingerprint density at radius 1 is 1.29 bits per heavy atom. The molecule has 0 aliphatic carbocycles. The van der Waals surface area contributed by atoms with E-state index in [0.29, 0.717) is 6.07 Å². The Hall–Kier alpha value is -2.32. The van der Waals surface area contributed by atoms with Crippen molar-refractivity contribution in [2.45, 2.75) is 0 Å². The lowest BCUT2D eigenvalue weighted by Gasteiger charge is -2.06. The number of non-ortho nitro benzene ring substituents is 1. The van der Waals surface area contributed by atoms with Gasteiger partial charge in [-0.25, -0.2) is 14.4 Å². The van der Waals surface area contributed by atoms with Crippen LogP contribution in [0.1, 0.15) is 10.4 Å². The summed E-state index contributed by atoms with van der Waals surface area (Å²) in [7, 11) is 0. The lowest BCUT2D eigenvalue weighted by Crippen LogP contribution is -2.14. The molecule has 0 spiro atoms. The Morgan fingerprint density at radius 2 is 2.00 bits per heavy atom. The van der Waals surface area contributed by atoms with Crippen LogP contribution in [0, 0.1) is 15.9 Å². The van der Waals surface area contributed by atoms with E-state index in [1.54, 1.807) is 0 Å². The standard InChI is InChI=1S/C11H5Cl2FN4O3/c12-8-9(13)15-4-16-10(8)17-11(19)5-1-6(14)3-7(2-5)18(20)21/h1-4H,(H,15,16,17,19). The van der Waals surface area contributed by atoms with Crippen LogP contribution in [-0.4, -0.2) is 20.8 Å². The molecule has 0 atom stereocenters. The summed E-state index contributed by atoms with van der Waals surface area (Å²) in [5, 5.41) is 12.7. The number of nitro benzene ring substituents is 1. The van der Waals surface area contributed by atoms with Gasteiger partial charge in [0.15, 0.2) is 11.0 Å². The van der Waals surface area contributed by atoms with Gasteiger partial charge in [-0.05, 0) is 6.07 Å². The van der Waals surface area contributed by atoms with Gasteiger partial charge in [0.1, 0.15) is 17.2 Å². The van der Waals surface area contributed by atoms with Gasteiger partial charge in [0.05, 0.1) is 11.0 Å². The molecule has 1 amide bonds. The highest BCUT2D eigenvalue weighted by Gasteiger charge is 2.17. The first kappa shape index (κ1) is 15.1. The first-order valence-corrected chi connectivity index (χ1v) is 6.06. The number of carbonyl (C=O) groups is 1. The molecule has 21 heavy (non-hydrogen) atoms. The first-order chi connectivity index (χ1) is 9.88. The fraction of sp³-hybridized carbons (Fsp3) is 0. The maximum atomic E-state index is 13.3. The van der Waals surface area contributed by atoms with Crippen molar-refractivity contribution in [1.29, 1.82) is 0 Å². The minimum atomic E-state index is -0.916. The summed E-state index contributed by atoms with van der Waals surface area (Å²) in [4.78, 5) is 29.1. The second-order valence-electron chi connectivity index (χ2n) is 3.74. The lowest BCUT2D eigenvalue weighted by atomic mass is 10.2. The SMILES string of the molecule is O=C(Nc1ncnc(Cl)c1Cl)c1cc(F)cc([N+](=O)[O-])c1. The number of amides is 1. The predicted octanol–water partition coefficient (Wildman–Crippen LogP) is 3.08. The molecule has 0 saturated heterocycles. The zero-order valence-electron chi connectivity index (χ0n) is 10.0. The molecule has 0 unspecified atom stereocenters. The smallest absolute Gasteiger partial charge is 0.273 e. The van der Waals surface area contributed by atoms with Crippen molar-refractivity contribution < 1.29 is 14.1 Å². The van der Waals surface area contributed by atoms with Crippen LogP contribution in [0.25, 0.3) is 0 Å². The molecule has 0 aliphatic rings. The molecular formula is C11H5Cl2FN4O3. The summed E-state index contributed by atoms with van der Waals surface area (Å²) >= 11 is 11.4. The molecular weight excluding hydrogens is 326 g/mol. The second-order valence-corrected chi connectivity index (χ2v) is 4.47. The number of anilines is 1. The minimum absolute atomic E-state index is 0.0767. The van der Waals surface area contributed by atoms with Crippen LogP contribution < -0.4 is 5.32 Å². The summed E-state index contributed by atoms with van der Waals surface area (Å²) in [5.74, 6) is -1.83. The highest BCUT2D eigenvalue weighted by atomic mass is 35.5. The number of nitrogens with one attached hydrogen (secondary N) is 1. The van der Waals surface area contributed by atoms with Crippen LogP contribution in [0.3, 0.4) is 0 Å². The van der Waals surface area contributed by atoms with Crippen LogP contribution >= 0.6 is 23.2 Å². The molecule has 10 heteroatoms. The molecule has 108 valence electrons. The number of rotatable bonds is 3. The number of aromatic nitrogens is 2. The summed E-state index contributed by atoms with van der Waals surface area (Å²) in [5.41, 5.74) is -0.806. The summed E-state index contributed by atoms with van der Waals surface area (Å²) < 4.78 is 13.3. The lowest BCUT2D eigenvalue weighted by molar-refractivity contribution is -0.385. The Balaban J connectivity index is 2.32. The van der Waals surface area contributed by atoms with Crippen molar-refractivity contribution in [2.75, 3.05) is 5.32 Å². The number of nitrogens with zero attached hydrogens (tertiary/aromatic N) is 3. The monoisotopic (exact) mass is 330 g/mol. The number of halogens is 3. The van der Waals surface area contributed by atoms with Crippen molar-refractivity contribution >= 4 is 40.6 Å². The average Bonchev–Trinajstić information content (AvgIpc) is 2.43. The molecule has 2 rings (SSSR count). The Morgan fingerprint density at radius 3 is 2.67 bits per heavy atom. The van der Waals surface area contributed by atoms with Gasteiger partial charge in [-0.2, -0.15) is 0 Å². The van der Waals surface area contributed by atoms with Crippen LogP contribution in [0.15, 0.2) is 24.5 Å². The van der Waals surface area contributed by atoms with Gasteiger partial charge >= 0.3 is 0 Å². The van der Waals surface area contributed by atoms with Crippen molar-refractivity contribution in [2.24, 2.45) is 0 Å². The quantitative estimate of drug-likeness (QED) is 0.529. The number of carbonyl (C=O) groups excluding carboxylic acids is 1. The number of benzene rings is 1. The van der Waals surface area contributed by atoms with Gasteiger partial charge in [-0.15, -0.1) is 0 Å². The fourth-order valence-corrected chi connectivity index (χ4v) is 1.70. The second kappa shape index (κ2) is 5.98. The molecule has 7 nitrogen and oxygen atoms in total. The average molecular weight is 331 g/mol. The van der Waals surface area contributed by atoms with Gasteiger partial charge in [0.25, 0.3) is 11.6 Å². The van der Waals surface area contributed by atoms with E-state index in [1.165, 1.54) is 0 Å². The van der Waals surface area contributed by atoms with E-state index in [1.807, 2.05) is 0 Å². The zero-order valence-corrected chi connectivity index (χ0v) is 11.5. The van der Waals surface area contributed by atoms with Crippen LogP contribution in [0.2, 0.25) is 10.2 Å². The van der Waals surface area contributed by atoms with Crippen LogP contribution in [-0.2, 0) is 0 Å². The number of hydrogen-bond donors (Lipinski definition) is 1. The van der Waals surface area contributed by atoms with Crippen molar-refractivity contribution in [3.63, 3.8) is 0 Å². The molecule has 1 aromatic heterocycles. The Kier molecular flexibility index (Phi) is 4.29. The van der Waals surface area contributed by atoms with Crippen molar-refractivity contribution in [3.05, 3.63) is 56.2 Å².